The van der Waals surface area contributed by atoms with Crippen molar-refractivity contribution in [2.45, 2.75) is 12.7 Å². The molecule has 3 rings (SSSR count). The summed E-state index contributed by atoms with van der Waals surface area (Å²) in [5.74, 6) is -1.88. The van der Waals surface area contributed by atoms with Crippen LogP contribution in [0.1, 0.15) is 21.5 Å². The monoisotopic (exact) mass is 450 g/mol. The minimum atomic E-state index is -5.08. The van der Waals surface area contributed by atoms with Gasteiger partial charge in [0.25, 0.3) is 5.91 Å². The van der Waals surface area contributed by atoms with Gasteiger partial charge in [-0.2, -0.15) is 18.4 Å². The third-order valence-corrected chi connectivity index (χ3v) is 4.52. The number of amides is 1. The number of nitriles is 1. The Kier molecular flexibility index (Phi) is 8.54. The molecule has 1 N–H and O–H groups in total. The maximum atomic E-state index is 12.9. The zero-order valence-corrected chi connectivity index (χ0v) is 17.2. The van der Waals surface area contributed by atoms with Crippen molar-refractivity contribution in [2.75, 3.05) is 38.3 Å². The third-order valence-electron chi connectivity index (χ3n) is 4.52. The molecular formula is C21H21F3N4O4. The van der Waals surface area contributed by atoms with Crippen LogP contribution >= 0.6 is 0 Å². The Balaban J connectivity index is 0.000000451. The number of rotatable bonds is 4. The molecule has 0 bridgehead atoms. The number of pyridine rings is 1. The highest BCUT2D eigenvalue weighted by Gasteiger charge is 2.38. The first-order valence-electron chi connectivity index (χ1n) is 9.44. The van der Waals surface area contributed by atoms with E-state index in [-0.39, 0.29) is 5.91 Å². The van der Waals surface area contributed by atoms with Gasteiger partial charge < -0.3 is 19.6 Å². The average molecular weight is 450 g/mol. The number of alkyl halides is 3. The molecule has 1 aliphatic heterocycles. The van der Waals surface area contributed by atoms with Crippen molar-refractivity contribution >= 4 is 17.7 Å². The van der Waals surface area contributed by atoms with Crippen molar-refractivity contribution in [1.82, 2.24) is 9.88 Å². The fourth-order valence-electron chi connectivity index (χ4n) is 2.93. The summed E-state index contributed by atoms with van der Waals surface area (Å²) in [6.07, 6.45) is -3.31. The number of benzene rings is 1. The van der Waals surface area contributed by atoms with Gasteiger partial charge in [0.2, 0.25) is 0 Å². The second kappa shape index (κ2) is 11.1. The predicted molar refractivity (Wildman–Crippen MR) is 108 cm³/mol. The molecule has 0 unspecified atom stereocenters. The number of methoxy groups -OCH3 is 1. The Bertz CT molecular complexity index is 974. The van der Waals surface area contributed by atoms with E-state index in [4.69, 9.17) is 19.9 Å². The molecule has 0 spiro atoms. The molecule has 8 nitrogen and oxygen atoms in total. The van der Waals surface area contributed by atoms with Gasteiger partial charge in [-0.25, -0.2) is 9.78 Å². The fourth-order valence-corrected chi connectivity index (χ4v) is 2.93. The maximum Gasteiger partial charge on any atom is 0.490 e. The Morgan fingerprint density at radius 1 is 1.22 bits per heavy atom. The first kappa shape index (κ1) is 24.6. The summed E-state index contributed by atoms with van der Waals surface area (Å²) in [4.78, 5) is 30.2. The quantitative estimate of drug-likeness (QED) is 0.763. The normalized spacial score (nSPS) is 13.2. The van der Waals surface area contributed by atoms with Gasteiger partial charge in [-0.3, -0.25) is 4.79 Å². The highest BCUT2D eigenvalue weighted by atomic mass is 19.4. The van der Waals surface area contributed by atoms with Gasteiger partial charge in [-0.15, -0.1) is 0 Å². The van der Waals surface area contributed by atoms with Gasteiger partial charge in [-0.05, 0) is 30.3 Å². The van der Waals surface area contributed by atoms with E-state index in [0.717, 1.165) is 17.9 Å². The Morgan fingerprint density at radius 2 is 1.88 bits per heavy atom. The van der Waals surface area contributed by atoms with Crippen molar-refractivity contribution < 1.29 is 32.6 Å². The summed E-state index contributed by atoms with van der Waals surface area (Å²) in [6.45, 7) is 3.18. The number of hydrogen-bond acceptors (Lipinski definition) is 6. The number of halogens is 3. The molecule has 1 aromatic heterocycles. The SMILES string of the molecule is COCCN1CCN(C(=O)c2ccc(C#N)cc2)Cc2cccnc21.O=C(O)C(F)(F)F. The lowest BCUT2D eigenvalue weighted by Gasteiger charge is -2.23. The zero-order valence-electron chi connectivity index (χ0n) is 17.2. The minimum Gasteiger partial charge on any atom is -0.475 e. The lowest BCUT2D eigenvalue weighted by Crippen LogP contribution is -2.36. The number of hydrogen-bond donors (Lipinski definition) is 1. The van der Waals surface area contributed by atoms with Crippen LogP contribution < -0.4 is 4.90 Å². The number of carbonyl (C=O) groups is 2. The summed E-state index contributed by atoms with van der Waals surface area (Å²) in [6, 6.07) is 12.7. The van der Waals surface area contributed by atoms with Gasteiger partial charge in [-0.1, -0.05) is 6.07 Å². The Labute approximate surface area is 182 Å². The molecule has 1 aromatic carbocycles. The second-order valence-corrected chi connectivity index (χ2v) is 6.68. The van der Waals surface area contributed by atoms with Crippen LogP contribution in [0.2, 0.25) is 0 Å². The molecule has 0 saturated carbocycles. The van der Waals surface area contributed by atoms with E-state index in [1.807, 2.05) is 17.0 Å². The molecule has 11 heteroatoms. The van der Waals surface area contributed by atoms with E-state index >= 15 is 0 Å². The molecule has 0 saturated heterocycles. The summed E-state index contributed by atoms with van der Waals surface area (Å²) < 4.78 is 36.9. The van der Waals surface area contributed by atoms with Crippen molar-refractivity contribution in [3.63, 3.8) is 0 Å². The zero-order chi connectivity index (χ0) is 23.7. The summed E-state index contributed by atoms with van der Waals surface area (Å²) >= 11 is 0. The average Bonchev–Trinajstić information content (AvgIpc) is 2.96. The number of carbonyl (C=O) groups excluding carboxylic acids is 1. The molecule has 2 heterocycles. The smallest absolute Gasteiger partial charge is 0.475 e. The van der Waals surface area contributed by atoms with Crippen molar-refractivity contribution in [3.8, 4) is 6.07 Å². The van der Waals surface area contributed by atoms with Gasteiger partial charge in [0.1, 0.15) is 5.82 Å². The van der Waals surface area contributed by atoms with E-state index in [1.165, 1.54) is 0 Å². The largest absolute Gasteiger partial charge is 0.490 e. The Morgan fingerprint density at radius 3 is 2.44 bits per heavy atom. The number of carboxylic acids is 1. The summed E-state index contributed by atoms with van der Waals surface area (Å²) in [7, 11) is 1.68. The van der Waals surface area contributed by atoms with E-state index in [0.29, 0.717) is 37.4 Å². The number of ether oxygens (including phenoxy) is 1. The number of nitrogens with zero attached hydrogens (tertiary/aromatic N) is 4. The molecule has 1 amide bonds. The number of aliphatic carboxylic acids is 1. The van der Waals surface area contributed by atoms with Gasteiger partial charge in [0.15, 0.2) is 0 Å². The van der Waals surface area contributed by atoms with Gasteiger partial charge in [0.05, 0.1) is 18.2 Å². The number of carboxylic acid groups (broad SMARTS) is 1. The maximum absolute atomic E-state index is 12.9. The fraction of sp³-hybridized carbons (Fsp3) is 0.333. The van der Waals surface area contributed by atoms with E-state index in [9.17, 15) is 18.0 Å². The van der Waals surface area contributed by atoms with E-state index < -0.39 is 12.1 Å². The number of aromatic nitrogens is 1. The van der Waals surface area contributed by atoms with Crippen LogP contribution in [0.5, 0.6) is 0 Å². The second-order valence-electron chi connectivity index (χ2n) is 6.68. The molecule has 0 radical (unpaired) electrons. The topological polar surface area (TPSA) is 107 Å². The molecule has 32 heavy (non-hydrogen) atoms. The van der Waals surface area contributed by atoms with E-state index in [2.05, 4.69) is 16.0 Å². The summed E-state index contributed by atoms with van der Waals surface area (Å²) in [5.41, 5.74) is 2.17. The standard InChI is InChI=1S/C19H20N4O2.C2HF3O2/c1-25-12-11-22-9-10-23(14-17-3-2-8-21-18(17)22)19(24)16-6-4-15(13-20)5-7-16;3-2(4,5)1(6)7/h2-8H,9-12,14H2,1H3;(H,6,7). The molecular weight excluding hydrogens is 429 g/mol. The highest BCUT2D eigenvalue weighted by molar-refractivity contribution is 5.94. The van der Waals surface area contributed by atoms with Crippen LogP contribution in [0.25, 0.3) is 0 Å². The summed E-state index contributed by atoms with van der Waals surface area (Å²) in [5, 5.41) is 16.0. The van der Waals surface area contributed by atoms with Crippen LogP contribution in [-0.4, -0.2) is 66.4 Å². The molecule has 0 aliphatic carbocycles. The molecule has 2 aromatic rings. The lowest BCUT2D eigenvalue weighted by atomic mass is 10.1. The highest BCUT2D eigenvalue weighted by Crippen LogP contribution is 2.23. The molecule has 170 valence electrons. The number of fused-ring (bicyclic) bond motifs is 1. The minimum absolute atomic E-state index is 0.0344. The van der Waals surface area contributed by atoms with Crippen molar-refractivity contribution in [1.29, 1.82) is 5.26 Å². The molecule has 1 aliphatic rings. The van der Waals surface area contributed by atoms with Gasteiger partial charge in [0, 0.05) is 50.6 Å². The lowest BCUT2D eigenvalue weighted by molar-refractivity contribution is -0.192. The van der Waals surface area contributed by atoms with Crippen LogP contribution in [0.15, 0.2) is 42.6 Å². The van der Waals surface area contributed by atoms with Crippen LogP contribution in [0, 0.1) is 11.3 Å². The molecule has 0 fully saturated rings. The van der Waals surface area contributed by atoms with Crippen LogP contribution in [0.3, 0.4) is 0 Å². The number of anilines is 1. The van der Waals surface area contributed by atoms with Crippen molar-refractivity contribution in [2.24, 2.45) is 0 Å². The van der Waals surface area contributed by atoms with Crippen molar-refractivity contribution in [3.05, 3.63) is 59.3 Å². The predicted octanol–water partition coefficient (Wildman–Crippen LogP) is 2.70. The van der Waals surface area contributed by atoms with Crippen LogP contribution in [0.4, 0.5) is 19.0 Å². The third kappa shape index (κ3) is 6.68. The van der Waals surface area contributed by atoms with Crippen LogP contribution in [-0.2, 0) is 16.1 Å². The van der Waals surface area contributed by atoms with E-state index in [1.54, 1.807) is 37.6 Å². The molecule has 0 atom stereocenters. The first-order valence-corrected chi connectivity index (χ1v) is 9.44. The Hall–Kier alpha value is -3.65. The first-order chi connectivity index (χ1) is 15.2. The van der Waals surface area contributed by atoms with Gasteiger partial charge >= 0.3 is 12.1 Å².